The van der Waals surface area contributed by atoms with E-state index in [0.717, 1.165) is 43.5 Å². The van der Waals surface area contributed by atoms with E-state index in [4.69, 9.17) is 11.6 Å². The highest BCUT2D eigenvalue weighted by atomic mass is 35.5. The van der Waals surface area contributed by atoms with Gasteiger partial charge in [-0.1, -0.05) is 38.3 Å². The van der Waals surface area contributed by atoms with Gasteiger partial charge in [-0.2, -0.15) is 5.10 Å². The van der Waals surface area contributed by atoms with Crippen LogP contribution in [-0.2, 0) is 11.3 Å². The number of halogens is 1. The Morgan fingerprint density at radius 1 is 1.48 bits per heavy atom. The van der Waals surface area contributed by atoms with Crippen LogP contribution in [0.5, 0.6) is 0 Å². The summed E-state index contributed by atoms with van der Waals surface area (Å²) in [6.07, 6.45) is 6.92. The third kappa shape index (κ3) is 4.36. The molecule has 0 radical (unpaired) electrons. The minimum atomic E-state index is -0.456. The molecule has 1 fully saturated rings. The van der Waals surface area contributed by atoms with E-state index in [2.05, 4.69) is 24.3 Å². The predicted molar refractivity (Wildman–Crippen MR) is 92.3 cm³/mol. The monoisotopic (exact) mass is 339 g/mol. The Hall–Kier alpha value is -1.33. The van der Waals surface area contributed by atoms with Crippen LogP contribution >= 0.6 is 11.6 Å². The lowest BCUT2D eigenvalue weighted by atomic mass is 9.99. The van der Waals surface area contributed by atoms with E-state index in [1.54, 1.807) is 10.8 Å². The minimum Gasteiger partial charge on any atom is -0.394 e. The van der Waals surface area contributed by atoms with E-state index in [-0.39, 0.29) is 12.5 Å². The van der Waals surface area contributed by atoms with Gasteiger partial charge in [0.2, 0.25) is 5.91 Å². The first-order valence-corrected chi connectivity index (χ1v) is 8.59. The van der Waals surface area contributed by atoms with Gasteiger partial charge < -0.3 is 10.4 Å². The average Bonchev–Trinajstić information content (AvgIpc) is 3.04. The summed E-state index contributed by atoms with van der Waals surface area (Å²) in [4.78, 5) is 12.2. The van der Waals surface area contributed by atoms with E-state index in [1.165, 1.54) is 6.08 Å². The second-order valence-corrected chi connectivity index (χ2v) is 7.19. The molecule has 1 aliphatic carbocycles. The lowest BCUT2D eigenvalue weighted by Gasteiger charge is -2.27. The maximum atomic E-state index is 12.2. The summed E-state index contributed by atoms with van der Waals surface area (Å²) in [6.45, 7) is 6.82. The van der Waals surface area contributed by atoms with Crippen LogP contribution in [0.2, 0.25) is 5.15 Å². The molecule has 1 aromatic rings. The van der Waals surface area contributed by atoms with Crippen LogP contribution in [0, 0.1) is 12.8 Å². The molecule has 0 unspecified atom stereocenters. The third-order valence-corrected chi connectivity index (χ3v) is 4.70. The van der Waals surface area contributed by atoms with Crippen LogP contribution in [-0.4, -0.2) is 32.9 Å². The Labute approximate surface area is 142 Å². The summed E-state index contributed by atoms with van der Waals surface area (Å²) in [7, 11) is 0. The zero-order valence-electron chi connectivity index (χ0n) is 14.1. The molecule has 5 nitrogen and oxygen atoms in total. The van der Waals surface area contributed by atoms with Crippen molar-refractivity contribution in [1.82, 2.24) is 15.1 Å². The van der Waals surface area contributed by atoms with Crippen molar-refractivity contribution >= 4 is 23.6 Å². The Balaban J connectivity index is 2.07. The average molecular weight is 340 g/mol. The Morgan fingerprint density at radius 2 is 2.13 bits per heavy atom. The first-order valence-electron chi connectivity index (χ1n) is 8.21. The Bertz CT molecular complexity index is 587. The highest BCUT2D eigenvalue weighted by molar-refractivity contribution is 6.31. The summed E-state index contributed by atoms with van der Waals surface area (Å²) >= 11 is 6.36. The van der Waals surface area contributed by atoms with Crippen LogP contribution in [0.1, 0.15) is 50.8 Å². The molecule has 128 valence electrons. The quantitative estimate of drug-likeness (QED) is 0.783. The van der Waals surface area contributed by atoms with E-state index < -0.39 is 5.54 Å². The molecular weight excluding hydrogens is 314 g/mol. The van der Waals surface area contributed by atoms with Crippen LogP contribution in [0.3, 0.4) is 0 Å². The first kappa shape index (κ1) is 18.0. The number of nitrogens with zero attached hydrogens (tertiary/aromatic N) is 2. The summed E-state index contributed by atoms with van der Waals surface area (Å²) in [5.74, 6) is 0.242. The smallest absolute Gasteiger partial charge is 0.244 e. The van der Waals surface area contributed by atoms with E-state index in [9.17, 15) is 9.90 Å². The largest absolute Gasteiger partial charge is 0.394 e. The molecule has 2 rings (SSSR count). The highest BCUT2D eigenvalue weighted by Crippen LogP contribution is 2.29. The molecular formula is C17H26ClN3O2. The van der Waals surface area contributed by atoms with Crippen LogP contribution in [0.4, 0.5) is 0 Å². The topological polar surface area (TPSA) is 67.2 Å². The van der Waals surface area contributed by atoms with Gasteiger partial charge in [-0.15, -0.1) is 0 Å². The molecule has 1 heterocycles. The predicted octanol–water partition coefficient (Wildman–Crippen LogP) is 2.94. The van der Waals surface area contributed by atoms with Gasteiger partial charge in [-0.3, -0.25) is 9.48 Å². The molecule has 0 bridgehead atoms. The van der Waals surface area contributed by atoms with Crippen LogP contribution in [0.25, 0.3) is 6.08 Å². The van der Waals surface area contributed by atoms with Gasteiger partial charge in [0.15, 0.2) is 0 Å². The van der Waals surface area contributed by atoms with E-state index in [0.29, 0.717) is 11.1 Å². The molecule has 1 aliphatic rings. The van der Waals surface area contributed by atoms with Gasteiger partial charge >= 0.3 is 0 Å². The summed E-state index contributed by atoms with van der Waals surface area (Å²) < 4.78 is 1.77. The Morgan fingerprint density at radius 3 is 2.70 bits per heavy atom. The fourth-order valence-corrected chi connectivity index (χ4v) is 3.37. The number of aliphatic hydroxyl groups is 1. The summed E-state index contributed by atoms with van der Waals surface area (Å²) in [5.41, 5.74) is 1.12. The van der Waals surface area contributed by atoms with Crippen molar-refractivity contribution in [2.45, 2.75) is 58.5 Å². The van der Waals surface area contributed by atoms with Gasteiger partial charge in [-0.25, -0.2) is 0 Å². The minimum absolute atomic E-state index is 0.0152. The lowest BCUT2D eigenvalue weighted by Crippen LogP contribution is -2.48. The van der Waals surface area contributed by atoms with Crippen molar-refractivity contribution in [2.24, 2.45) is 5.92 Å². The standard InChI is InChI=1S/C17H26ClN3O2/c1-12(2)10-21-16(18)14(13(3)20-21)6-7-15(23)19-17(11-22)8-4-5-9-17/h6-7,12,22H,4-5,8-11H2,1-3H3,(H,19,23)/b7-6+. The molecule has 6 heteroatoms. The van der Waals surface area contributed by atoms with E-state index in [1.807, 2.05) is 6.92 Å². The van der Waals surface area contributed by atoms with Crippen molar-refractivity contribution < 1.29 is 9.90 Å². The molecule has 0 saturated heterocycles. The van der Waals surface area contributed by atoms with Crippen molar-refractivity contribution in [1.29, 1.82) is 0 Å². The van der Waals surface area contributed by atoms with Gasteiger partial charge in [-0.05, 0) is 31.8 Å². The number of hydrogen-bond donors (Lipinski definition) is 2. The van der Waals surface area contributed by atoms with Crippen molar-refractivity contribution in [3.63, 3.8) is 0 Å². The summed E-state index contributed by atoms with van der Waals surface area (Å²) in [6, 6.07) is 0. The van der Waals surface area contributed by atoms with Crippen molar-refractivity contribution in [3.8, 4) is 0 Å². The number of hydrogen-bond acceptors (Lipinski definition) is 3. The maximum absolute atomic E-state index is 12.2. The molecule has 1 aromatic heterocycles. The molecule has 23 heavy (non-hydrogen) atoms. The number of aliphatic hydroxyl groups excluding tert-OH is 1. The molecule has 1 saturated carbocycles. The SMILES string of the molecule is Cc1nn(CC(C)C)c(Cl)c1/C=C/C(=O)NC1(CO)CCCC1. The van der Waals surface area contributed by atoms with Gasteiger partial charge in [0.05, 0.1) is 17.8 Å². The van der Waals surface area contributed by atoms with E-state index >= 15 is 0 Å². The second kappa shape index (κ2) is 7.49. The number of nitrogens with one attached hydrogen (secondary N) is 1. The van der Waals surface area contributed by atoms with Crippen LogP contribution in [0.15, 0.2) is 6.08 Å². The van der Waals surface area contributed by atoms with Gasteiger partial charge in [0.25, 0.3) is 0 Å². The number of carbonyl (C=O) groups is 1. The first-order chi connectivity index (χ1) is 10.9. The second-order valence-electron chi connectivity index (χ2n) is 6.83. The molecule has 0 aliphatic heterocycles. The number of aromatic nitrogens is 2. The normalized spacial score (nSPS) is 17.3. The van der Waals surface area contributed by atoms with Crippen molar-refractivity contribution in [3.05, 3.63) is 22.5 Å². The molecule has 0 spiro atoms. The summed E-state index contributed by atoms with van der Waals surface area (Å²) in [5, 5.41) is 17.5. The fraction of sp³-hybridized carbons (Fsp3) is 0.647. The van der Waals surface area contributed by atoms with Gasteiger partial charge in [0, 0.05) is 18.2 Å². The van der Waals surface area contributed by atoms with Crippen LogP contribution < -0.4 is 5.32 Å². The van der Waals surface area contributed by atoms with Crippen molar-refractivity contribution in [2.75, 3.05) is 6.61 Å². The number of aryl methyl sites for hydroxylation is 1. The molecule has 2 N–H and O–H groups in total. The number of amides is 1. The maximum Gasteiger partial charge on any atom is 0.244 e. The number of rotatable bonds is 6. The molecule has 0 aromatic carbocycles. The number of carbonyl (C=O) groups excluding carboxylic acids is 1. The lowest BCUT2D eigenvalue weighted by molar-refractivity contribution is -0.118. The Kier molecular flexibility index (Phi) is 5.87. The molecule has 0 atom stereocenters. The fourth-order valence-electron chi connectivity index (χ4n) is 3.06. The third-order valence-electron chi connectivity index (χ3n) is 4.30. The molecule has 1 amide bonds. The zero-order chi connectivity index (χ0) is 17.0. The highest BCUT2D eigenvalue weighted by Gasteiger charge is 2.34. The zero-order valence-corrected chi connectivity index (χ0v) is 14.9. The van der Waals surface area contributed by atoms with Gasteiger partial charge in [0.1, 0.15) is 5.15 Å².